The van der Waals surface area contributed by atoms with E-state index in [4.69, 9.17) is 14.2 Å². The molecule has 3 rings (SSSR count). The molecule has 14 heteroatoms. The number of rotatable bonds is 11. The third-order valence-electron chi connectivity index (χ3n) is 5.39. The van der Waals surface area contributed by atoms with E-state index in [9.17, 15) is 27.6 Å². The zero-order valence-electron chi connectivity index (χ0n) is 22.4. The topological polar surface area (TPSA) is 127 Å². The van der Waals surface area contributed by atoms with Gasteiger partial charge in [0.05, 0.1) is 31.2 Å². The average molecular weight is 651 g/mol. The Morgan fingerprint density at radius 1 is 0.952 bits per heavy atom. The fourth-order valence-electron chi connectivity index (χ4n) is 3.40. The summed E-state index contributed by atoms with van der Waals surface area (Å²) in [5, 5.41) is 8.45. The Bertz CT molecular complexity index is 1450. The molecule has 0 atom stereocenters. The maximum atomic E-state index is 13.3. The fraction of sp³-hybridized carbons (Fsp3) is 0.214. The van der Waals surface area contributed by atoms with E-state index in [-0.39, 0.29) is 29.1 Å². The van der Waals surface area contributed by atoms with Gasteiger partial charge in [0, 0.05) is 11.0 Å². The van der Waals surface area contributed by atoms with Crippen LogP contribution in [0.1, 0.15) is 23.6 Å². The summed E-state index contributed by atoms with van der Waals surface area (Å²) in [6.07, 6.45) is -3.41. The quantitative estimate of drug-likeness (QED) is 0.157. The number of carbonyl (C=O) groups excluding carboxylic acids is 3. The molecular weight excluding hydrogens is 625 g/mol. The first-order chi connectivity index (χ1) is 20.0. The van der Waals surface area contributed by atoms with Crippen molar-refractivity contribution in [3.05, 3.63) is 81.8 Å². The lowest BCUT2D eigenvalue weighted by Gasteiger charge is -2.15. The van der Waals surface area contributed by atoms with Gasteiger partial charge < -0.3 is 24.8 Å². The van der Waals surface area contributed by atoms with Crippen molar-refractivity contribution in [2.24, 2.45) is 5.10 Å². The molecule has 0 fully saturated rings. The minimum absolute atomic E-state index is 0.129. The van der Waals surface area contributed by atoms with Crippen LogP contribution in [0.4, 0.5) is 18.9 Å². The van der Waals surface area contributed by atoms with E-state index in [1.54, 1.807) is 31.2 Å². The van der Waals surface area contributed by atoms with Gasteiger partial charge in [0.1, 0.15) is 5.75 Å². The van der Waals surface area contributed by atoms with Gasteiger partial charge in [0.15, 0.2) is 18.1 Å². The van der Waals surface area contributed by atoms with Crippen molar-refractivity contribution in [2.75, 3.05) is 25.6 Å². The van der Waals surface area contributed by atoms with Crippen LogP contribution >= 0.6 is 15.9 Å². The van der Waals surface area contributed by atoms with E-state index in [0.717, 1.165) is 17.7 Å². The maximum Gasteiger partial charge on any atom is 0.418 e. The van der Waals surface area contributed by atoms with Gasteiger partial charge in [0.25, 0.3) is 5.91 Å². The van der Waals surface area contributed by atoms with Gasteiger partial charge in [-0.05, 0) is 66.6 Å². The molecule has 3 aromatic rings. The number of nitrogens with zero attached hydrogens (tertiary/aromatic N) is 1. The van der Waals surface area contributed by atoms with Crippen molar-refractivity contribution in [2.45, 2.75) is 19.6 Å². The Morgan fingerprint density at radius 3 is 2.36 bits per heavy atom. The number of nitrogens with one attached hydrogen (secondary N) is 3. The first-order valence-electron chi connectivity index (χ1n) is 12.3. The fourth-order valence-corrected chi connectivity index (χ4v) is 3.77. The van der Waals surface area contributed by atoms with E-state index in [2.05, 4.69) is 37.1 Å². The lowest BCUT2D eigenvalue weighted by atomic mass is 10.1. The van der Waals surface area contributed by atoms with Crippen LogP contribution in [-0.2, 0) is 27.1 Å². The van der Waals surface area contributed by atoms with Gasteiger partial charge in [-0.3, -0.25) is 14.4 Å². The molecule has 0 saturated carbocycles. The third-order valence-corrected chi connectivity index (χ3v) is 5.88. The summed E-state index contributed by atoms with van der Waals surface area (Å²) in [7, 11) is 1.54. The second kappa shape index (κ2) is 14.9. The highest BCUT2D eigenvalue weighted by molar-refractivity contribution is 9.10. The largest absolute Gasteiger partial charge is 0.497 e. The van der Waals surface area contributed by atoms with Crippen LogP contribution in [0.15, 0.2) is 70.2 Å². The van der Waals surface area contributed by atoms with Crippen LogP contribution in [-0.4, -0.2) is 44.3 Å². The number of halogens is 4. The lowest BCUT2D eigenvalue weighted by Crippen LogP contribution is -2.37. The van der Waals surface area contributed by atoms with E-state index in [1.807, 2.05) is 0 Å². The highest BCUT2D eigenvalue weighted by Crippen LogP contribution is 2.36. The Morgan fingerprint density at radius 2 is 1.69 bits per heavy atom. The van der Waals surface area contributed by atoms with Crippen LogP contribution in [0.2, 0.25) is 0 Å². The lowest BCUT2D eigenvalue weighted by molar-refractivity contribution is -0.139. The van der Waals surface area contributed by atoms with Crippen molar-refractivity contribution in [3.63, 3.8) is 0 Å². The molecule has 0 aliphatic rings. The molecule has 3 amide bonds. The van der Waals surface area contributed by atoms with Crippen molar-refractivity contribution in [3.8, 4) is 17.2 Å². The Hall–Kier alpha value is -4.59. The van der Waals surface area contributed by atoms with Gasteiger partial charge in [-0.1, -0.05) is 28.1 Å². The molecule has 0 aliphatic carbocycles. The minimum atomic E-state index is -4.67. The van der Waals surface area contributed by atoms with Crippen molar-refractivity contribution in [1.29, 1.82) is 0 Å². The minimum Gasteiger partial charge on any atom is -0.497 e. The molecular formula is C28H26BrF3N4O6. The van der Waals surface area contributed by atoms with Gasteiger partial charge in [0.2, 0.25) is 0 Å². The summed E-state index contributed by atoms with van der Waals surface area (Å²) >= 11 is 2.99. The summed E-state index contributed by atoms with van der Waals surface area (Å²) in [6.45, 7) is 1.49. The smallest absolute Gasteiger partial charge is 0.418 e. The van der Waals surface area contributed by atoms with E-state index >= 15 is 0 Å². The first-order valence-corrected chi connectivity index (χ1v) is 13.1. The molecule has 42 heavy (non-hydrogen) atoms. The van der Waals surface area contributed by atoms with Crippen LogP contribution in [0.25, 0.3) is 0 Å². The van der Waals surface area contributed by atoms with E-state index in [1.165, 1.54) is 37.6 Å². The molecule has 0 radical (unpaired) electrons. The normalized spacial score (nSPS) is 11.1. The predicted octanol–water partition coefficient (Wildman–Crippen LogP) is 4.66. The predicted molar refractivity (Wildman–Crippen MR) is 151 cm³/mol. The standard InChI is InChI=1S/C28H26BrF3N4O6/c1-3-41-24-12-18(15-34-36-27(39)26(38)33-14-17-4-8-20(40-2)9-5-17)6-11-23(24)42-16-25(37)35-22-10-7-19(29)13-21(22)28(30,31)32/h4-13,15H,3,14,16H2,1-2H3,(H,33,38)(H,35,37)(H,36,39)/b34-15-. The highest BCUT2D eigenvalue weighted by atomic mass is 79.9. The van der Waals surface area contributed by atoms with Gasteiger partial charge in [-0.25, -0.2) is 5.43 Å². The Balaban J connectivity index is 1.55. The molecule has 10 nitrogen and oxygen atoms in total. The molecule has 0 heterocycles. The molecule has 222 valence electrons. The maximum absolute atomic E-state index is 13.3. The summed E-state index contributed by atoms with van der Waals surface area (Å²) in [6, 6.07) is 14.8. The molecule has 0 spiro atoms. The van der Waals surface area contributed by atoms with Gasteiger partial charge in [-0.15, -0.1) is 0 Å². The zero-order chi connectivity index (χ0) is 30.7. The Labute approximate surface area is 247 Å². The Kier molecular flexibility index (Phi) is 11.3. The molecule has 3 N–H and O–H groups in total. The van der Waals surface area contributed by atoms with Crippen molar-refractivity contribution in [1.82, 2.24) is 10.7 Å². The third kappa shape index (κ3) is 9.51. The first kappa shape index (κ1) is 31.9. The van der Waals surface area contributed by atoms with Crippen LogP contribution < -0.4 is 30.3 Å². The van der Waals surface area contributed by atoms with Crippen molar-refractivity contribution < 1.29 is 41.8 Å². The number of methoxy groups -OCH3 is 1. The number of hydrogen-bond donors (Lipinski definition) is 3. The number of alkyl halides is 3. The summed E-state index contributed by atoms with van der Waals surface area (Å²) in [5.74, 6) is -1.64. The van der Waals surface area contributed by atoms with E-state index in [0.29, 0.717) is 11.3 Å². The molecule has 0 unspecified atom stereocenters. The SMILES string of the molecule is CCOc1cc(/C=N\NC(=O)C(=O)NCc2ccc(OC)cc2)ccc1OCC(=O)Nc1ccc(Br)cc1C(F)(F)F. The number of hydrazone groups is 1. The number of amides is 3. The number of ether oxygens (including phenoxy) is 3. The molecule has 0 bridgehead atoms. The van der Waals surface area contributed by atoms with Crippen LogP contribution in [0.5, 0.6) is 17.2 Å². The summed E-state index contributed by atoms with van der Waals surface area (Å²) < 4.78 is 56.2. The highest BCUT2D eigenvalue weighted by Gasteiger charge is 2.34. The van der Waals surface area contributed by atoms with Gasteiger partial charge >= 0.3 is 18.0 Å². The van der Waals surface area contributed by atoms with E-state index < -0.39 is 41.8 Å². The van der Waals surface area contributed by atoms with Crippen LogP contribution in [0.3, 0.4) is 0 Å². The number of carbonyl (C=O) groups is 3. The molecule has 0 aromatic heterocycles. The number of benzene rings is 3. The number of hydrogen-bond acceptors (Lipinski definition) is 7. The van der Waals surface area contributed by atoms with Crippen molar-refractivity contribution >= 4 is 45.6 Å². The monoisotopic (exact) mass is 650 g/mol. The summed E-state index contributed by atoms with van der Waals surface area (Å²) in [4.78, 5) is 36.4. The average Bonchev–Trinajstić information content (AvgIpc) is 2.96. The molecule has 0 saturated heterocycles. The second-order valence-electron chi connectivity index (χ2n) is 8.39. The number of anilines is 1. The molecule has 0 aliphatic heterocycles. The van der Waals surface area contributed by atoms with Crippen LogP contribution in [0, 0.1) is 0 Å². The second-order valence-corrected chi connectivity index (χ2v) is 9.31. The van der Waals surface area contributed by atoms with Gasteiger partial charge in [-0.2, -0.15) is 18.3 Å². The summed E-state index contributed by atoms with van der Waals surface area (Å²) in [5.41, 5.74) is 1.93. The molecule has 3 aromatic carbocycles. The zero-order valence-corrected chi connectivity index (χ0v) is 24.0.